The average Bonchev–Trinajstić information content (AvgIpc) is 2.95. The van der Waals surface area contributed by atoms with Crippen molar-refractivity contribution in [1.29, 1.82) is 0 Å². The Bertz CT molecular complexity index is 336. The number of nitrogens with zero attached hydrogens (tertiary/aromatic N) is 1. The molecule has 4 heteroatoms. The highest BCUT2D eigenvalue weighted by Crippen LogP contribution is 2.38. The van der Waals surface area contributed by atoms with Gasteiger partial charge in [0.25, 0.3) is 0 Å². The molecule has 0 aromatic heterocycles. The first-order valence-corrected chi connectivity index (χ1v) is 7.00. The summed E-state index contributed by atoms with van der Waals surface area (Å²) in [6, 6.07) is 0.336. The van der Waals surface area contributed by atoms with Crippen LogP contribution in [-0.2, 0) is 9.59 Å². The summed E-state index contributed by atoms with van der Waals surface area (Å²) in [4.78, 5) is 25.5. The molecule has 0 aromatic rings. The fraction of sp³-hybridized carbons (Fsp3) is 0.857. The van der Waals surface area contributed by atoms with Crippen molar-refractivity contribution in [3.05, 3.63) is 0 Å². The lowest BCUT2D eigenvalue weighted by Crippen LogP contribution is -2.41. The van der Waals surface area contributed by atoms with Gasteiger partial charge in [0.15, 0.2) is 0 Å². The van der Waals surface area contributed by atoms with E-state index in [2.05, 4.69) is 0 Å². The molecule has 2 rings (SSSR count). The third-order valence-corrected chi connectivity index (χ3v) is 4.65. The first-order chi connectivity index (χ1) is 8.50. The van der Waals surface area contributed by atoms with Gasteiger partial charge in [-0.05, 0) is 31.6 Å². The van der Waals surface area contributed by atoms with E-state index < -0.39 is 11.9 Å². The molecule has 1 amide bonds. The highest BCUT2D eigenvalue weighted by molar-refractivity contribution is 5.85. The SMILES string of the molecule is CC1C[C@H](C(=O)N(C)C2CCCC2)[C@H](C(=O)O)C1. The predicted molar refractivity (Wildman–Crippen MR) is 68.0 cm³/mol. The quantitative estimate of drug-likeness (QED) is 0.838. The molecule has 2 aliphatic rings. The predicted octanol–water partition coefficient (Wildman–Crippen LogP) is 2.13. The molecule has 0 aromatic carbocycles. The normalized spacial score (nSPS) is 32.7. The minimum absolute atomic E-state index is 0.0543. The van der Waals surface area contributed by atoms with Crippen molar-refractivity contribution in [2.24, 2.45) is 17.8 Å². The molecule has 2 saturated carbocycles. The van der Waals surface area contributed by atoms with Gasteiger partial charge in [-0.2, -0.15) is 0 Å². The molecule has 0 spiro atoms. The highest BCUT2D eigenvalue weighted by atomic mass is 16.4. The van der Waals surface area contributed by atoms with E-state index in [0.29, 0.717) is 18.4 Å². The number of hydrogen-bond donors (Lipinski definition) is 1. The van der Waals surface area contributed by atoms with Gasteiger partial charge >= 0.3 is 5.97 Å². The standard InChI is InChI=1S/C14H23NO3/c1-9-7-11(12(8-9)14(17)18)13(16)15(2)10-5-3-4-6-10/h9-12H,3-8H2,1-2H3,(H,17,18)/t9?,11-,12+/m0/s1. The molecule has 18 heavy (non-hydrogen) atoms. The summed E-state index contributed by atoms with van der Waals surface area (Å²) in [5.74, 6) is -1.19. The smallest absolute Gasteiger partial charge is 0.307 e. The maximum Gasteiger partial charge on any atom is 0.307 e. The molecule has 102 valence electrons. The second-order valence-corrected chi connectivity index (χ2v) is 6.02. The summed E-state index contributed by atoms with van der Waals surface area (Å²) < 4.78 is 0. The van der Waals surface area contributed by atoms with Crippen molar-refractivity contribution < 1.29 is 14.7 Å². The van der Waals surface area contributed by atoms with E-state index in [4.69, 9.17) is 0 Å². The summed E-state index contributed by atoms with van der Waals surface area (Å²) in [5, 5.41) is 9.23. The van der Waals surface area contributed by atoms with Crippen LogP contribution in [0.4, 0.5) is 0 Å². The minimum atomic E-state index is -0.808. The monoisotopic (exact) mass is 253 g/mol. The molecule has 2 fully saturated rings. The molecule has 1 unspecified atom stereocenters. The summed E-state index contributed by atoms with van der Waals surface area (Å²) in [5.41, 5.74) is 0. The molecule has 3 atom stereocenters. The molecule has 0 radical (unpaired) electrons. The van der Waals surface area contributed by atoms with Crippen LogP contribution in [-0.4, -0.2) is 35.0 Å². The van der Waals surface area contributed by atoms with E-state index in [9.17, 15) is 14.7 Å². The third-order valence-electron chi connectivity index (χ3n) is 4.65. The molecule has 0 saturated heterocycles. The molecular formula is C14H23NO3. The van der Waals surface area contributed by atoms with Crippen molar-refractivity contribution in [3.63, 3.8) is 0 Å². The number of amides is 1. The van der Waals surface area contributed by atoms with Gasteiger partial charge in [0.2, 0.25) is 5.91 Å². The van der Waals surface area contributed by atoms with Crippen LogP contribution in [0.2, 0.25) is 0 Å². The van der Waals surface area contributed by atoms with Crippen LogP contribution in [0.1, 0.15) is 45.4 Å². The second-order valence-electron chi connectivity index (χ2n) is 6.02. The van der Waals surface area contributed by atoms with Gasteiger partial charge in [0, 0.05) is 13.1 Å². The Kier molecular flexibility index (Phi) is 3.93. The van der Waals surface area contributed by atoms with E-state index in [-0.39, 0.29) is 11.8 Å². The zero-order valence-electron chi connectivity index (χ0n) is 11.3. The minimum Gasteiger partial charge on any atom is -0.481 e. The van der Waals surface area contributed by atoms with Crippen LogP contribution in [0, 0.1) is 17.8 Å². The lowest BCUT2D eigenvalue weighted by molar-refractivity contribution is -0.149. The molecule has 2 aliphatic carbocycles. The summed E-state index contributed by atoms with van der Waals surface area (Å²) in [6.07, 6.45) is 5.89. The average molecular weight is 253 g/mol. The van der Waals surface area contributed by atoms with Crippen LogP contribution in [0.5, 0.6) is 0 Å². The first kappa shape index (κ1) is 13.4. The lowest BCUT2D eigenvalue weighted by Gasteiger charge is -2.28. The zero-order valence-corrected chi connectivity index (χ0v) is 11.3. The number of carboxylic acid groups (broad SMARTS) is 1. The fourth-order valence-corrected chi connectivity index (χ4v) is 3.57. The summed E-state index contributed by atoms with van der Waals surface area (Å²) in [7, 11) is 1.85. The molecule has 4 nitrogen and oxygen atoms in total. The highest BCUT2D eigenvalue weighted by Gasteiger charge is 2.43. The van der Waals surface area contributed by atoms with Gasteiger partial charge in [-0.3, -0.25) is 9.59 Å². The number of carbonyl (C=O) groups excluding carboxylic acids is 1. The maximum atomic E-state index is 12.5. The summed E-state index contributed by atoms with van der Waals surface area (Å²) in [6.45, 7) is 2.04. The van der Waals surface area contributed by atoms with Gasteiger partial charge < -0.3 is 10.0 Å². The Morgan fingerprint density at radius 2 is 1.67 bits per heavy atom. The number of rotatable bonds is 3. The topological polar surface area (TPSA) is 57.6 Å². The Balaban J connectivity index is 2.04. The Morgan fingerprint density at radius 1 is 1.11 bits per heavy atom. The van der Waals surface area contributed by atoms with Crippen LogP contribution in [0.3, 0.4) is 0 Å². The first-order valence-electron chi connectivity index (χ1n) is 7.00. The van der Waals surface area contributed by atoms with Gasteiger partial charge in [-0.15, -0.1) is 0 Å². The van der Waals surface area contributed by atoms with Gasteiger partial charge in [0.05, 0.1) is 11.8 Å². The Hall–Kier alpha value is -1.06. The van der Waals surface area contributed by atoms with E-state index in [1.165, 1.54) is 12.8 Å². The van der Waals surface area contributed by atoms with Crippen LogP contribution >= 0.6 is 0 Å². The van der Waals surface area contributed by atoms with Crippen LogP contribution < -0.4 is 0 Å². The van der Waals surface area contributed by atoms with E-state index >= 15 is 0 Å². The number of hydrogen-bond acceptors (Lipinski definition) is 2. The van der Waals surface area contributed by atoms with E-state index in [1.807, 2.05) is 18.9 Å². The Morgan fingerprint density at radius 3 is 2.22 bits per heavy atom. The van der Waals surface area contributed by atoms with Crippen molar-refractivity contribution in [2.45, 2.75) is 51.5 Å². The molecule has 0 bridgehead atoms. The summed E-state index contributed by atoms with van der Waals surface area (Å²) >= 11 is 0. The number of carbonyl (C=O) groups is 2. The lowest BCUT2D eigenvalue weighted by atomic mass is 9.94. The van der Waals surface area contributed by atoms with E-state index in [0.717, 1.165) is 19.3 Å². The van der Waals surface area contributed by atoms with Crippen LogP contribution in [0.15, 0.2) is 0 Å². The molecule has 1 N–H and O–H groups in total. The van der Waals surface area contributed by atoms with Crippen molar-refractivity contribution in [1.82, 2.24) is 4.90 Å². The van der Waals surface area contributed by atoms with Crippen LogP contribution in [0.25, 0.3) is 0 Å². The maximum absolute atomic E-state index is 12.5. The molecule has 0 heterocycles. The van der Waals surface area contributed by atoms with Gasteiger partial charge in [-0.25, -0.2) is 0 Å². The number of carboxylic acids is 1. The fourth-order valence-electron chi connectivity index (χ4n) is 3.57. The Labute approximate surface area is 108 Å². The van der Waals surface area contributed by atoms with Gasteiger partial charge in [-0.1, -0.05) is 19.8 Å². The zero-order chi connectivity index (χ0) is 13.3. The number of aliphatic carboxylic acids is 1. The van der Waals surface area contributed by atoms with Crippen molar-refractivity contribution in [2.75, 3.05) is 7.05 Å². The van der Waals surface area contributed by atoms with Crippen molar-refractivity contribution in [3.8, 4) is 0 Å². The molecule has 0 aliphatic heterocycles. The third kappa shape index (κ3) is 2.52. The largest absolute Gasteiger partial charge is 0.481 e. The van der Waals surface area contributed by atoms with Crippen molar-refractivity contribution >= 4 is 11.9 Å². The second kappa shape index (κ2) is 5.29. The van der Waals surface area contributed by atoms with E-state index in [1.54, 1.807) is 0 Å². The molecular weight excluding hydrogens is 230 g/mol. The van der Waals surface area contributed by atoms with Gasteiger partial charge in [0.1, 0.15) is 0 Å².